The Morgan fingerprint density at radius 1 is 1.04 bits per heavy atom. The number of rotatable bonds is 1. The van der Waals surface area contributed by atoms with E-state index in [1.165, 1.54) is 0 Å². The van der Waals surface area contributed by atoms with Gasteiger partial charge in [0.2, 0.25) is 0 Å². The minimum absolute atomic E-state index is 0.0614. The van der Waals surface area contributed by atoms with Crippen LogP contribution in [-0.2, 0) is 4.79 Å². The zero-order chi connectivity index (χ0) is 16.7. The van der Waals surface area contributed by atoms with Gasteiger partial charge in [0, 0.05) is 17.3 Å². The lowest BCUT2D eigenvalue weighted by Crippen LogP contribution is -2.61. The molecular weight excluding hydrogens is 288 g/mol. The number of ketones is 1. The molecule has 4 saturated carbocycles. The van der Waals surface area contributed by atoms with E-state index in [4.69, 9.17) is 0 Å². The molecule has 2 bridgehead atoms. The van der Waals surface area contributed by atoms with Crippen LogP contribution in [0.3, 0.4) is 0 Å². The van der Waals surface area contributed by atoms with Gasteiger partial charge in [-0.25, -0.2) is 0 Å². The summed E-state index contributed by atoms with van der Waals surface area (Å²) in [5.74, 6) is 1.47. The summed E-state index contributed by atoms with van der Waals surface area (Å²) in [4.78, 5) is 12.6. The van der Waals surface area contributed by atoms with E-state index in [2.05, 4.69) is 20.8 Å². The average molecular weight is 320 g/mol. The smallest absolute Gasteiger partial charge is 0.139 e. The maximum absolute atomic E-state index is 12.6. The van der Waals surface area contributed by atoms with Crippen molar-refractivity contribution in [1.82, 2.24) is 0 Å². The largest absolute Gasteiger partial charge is 0.396 e. The van der Waals surface area contributed by atoms with Gasteiger partial charge in [-0.2, -0.15) is 0 Å². The van der Waals surface area contributed by atoms with Gasteiger partial charge in [-0.3, -0.25) is 4.79 Å². The molecule has 0 radical (unpaired) electrons. The molecule has 0 aromatic rings. The van der Waals surface area contributed by atoms with Gasteiger partial charge >= 0.3 is 0 Å². The van der Waals surface area contributed by atoms with Gasteiger partial charge in [0.15, 0.2) is 0 Å². The molecule has 23 heavy (non-hydrogen) atoms. The molecule has 0 aromatic carbocycles. The summed E-state index contributed by atoms with van der Waals surface area (Å²) in [6.45, 7) is 6.76. The van der Waals surface area contributed by atoms with Crippen LogP contribution in [0.25, 0.3) is 0 Å². The number of hydrogen-bond acceptors (Lipinski definition) is 3. The number of aliphatic hydroxyl groups is 2. The fourth-order valence-corrected chi connectivity index (χ4v) is 7.76. The Morgan fingerprint density at radius 2 is 1.74 bits per heavy atom. The summed E-state index contributed by atoms with van der Waals surface area (Å²) in [5, 5.41) is 20.6. The third-order valence-corrected chi connectivity index (χ3v) is 9.03. The number of Topliss-reactive ketones (excluding diaryl/α,β-unsaturated/α-hetero) is 1. The lowest BCUT2D eigenvalue weighted by Gasteiger charge is -2.65. The summed E-state index contributed by atoms with van der Waals surface area (Å²) in [7, 11) is 0. The lowest BCUT2D eigenvalue weighted by atomic mass is 9.40. The Bertz CT molecular complexity index is 545. The molecular formula is C20H32O3. The summed E-state index contributed by atoms with van der Waals surface area (Å²) in [6, 6.07) is 0. The van der Waals surface area contributed by atoms with E-state index in [0.717, 1.165) is 51.4 Å². The van der Waals surface area contributed by atoms with Crippen molar-refractivity contribution in [2.24, 2.45) is 33.5 Å². The number of aliphatic hydroxyl groups excluding tert-OH is 2. The zero-order valence-corrected chi connectivity index (χ0v) is 14.9. The van der Waals surface area contributed by atoms with E-state index in [1.807, 2.05) is 0 Å². The molecule has 4 aliphatic rings. The van der Waals surface area contributed by atoms with Crippen molar-refractivity contribution < 1.29 is 15.0 Å². The first kappa shape index (κ1) is 16.1. The molecule has 3 heteroatoms. The minimum atomic E-state index is -0.390. The zero-order valence-electron chi connectivity index (χ0n) is 14.9. The normalized spacial score (nSPS) is 58.7. The summed E-state index contributed by atoms with van der Waals surface area (Å²) in [6.07, 6.45) is 7.70. The molecule has 7 atom stereocenters. The molecule has 0 aromatic heterocycles. The number of carbonyl (C=O) groups excluding carboxylic acids is 1. The molecule has 0 unspecified atom stereocenters. The minimum Gasteiger partial charge on any atom is -0.396 e. The summed E-state index contributed by atoms with van der Waals surface area (Å²) < 4.78 is 0. The highest BCUT2D eigenvalue weighted by Gasteiger charge is 2.68. The van der Waals surface area contributed by atoms with Crippen molar-refractivity contribution in [3.05, 3.63) is 0 Å². The van der Waals surface area contributed by atoms with Crippen LogP contribution in [0, 0.1) is 33.5 Å². The van der Waals surface area contributed by atoms with Crippen molar-refractivity contribution >= 4 is 5.78 Å². The van der Waals surface area contributed by atoms with Crippen molar-refractivity contribution in [1.29, 1.82) is 0 Å². The number of hydrogen-bond donors (Lipinski definition) is 2. The van der Waals surface area contributed by atoms with Gasteiger partial charge in [-0.1, -0.05) is 20.8 Å². The molecule has 0 amide bonds. The second-order valence-electron chi connectivity index (χ2n) is 10.1. The van der Waals surface area contributed by atoms with Gasteiger partial charge in [0.1, 0.15) is 5.78 Å². The molecule has 0 saturated heterocycles. The first-order valence-corrected chi connectivity index (χ1v) is 9.53. The predicted molar refractivity (Wildman–Crippen MR) is 88.8 cm³/mol. The third kappa shape index (κ3) is 1.81. The molecule has 0 aliphatic heterocycles. The molecule has 4 rings (SSSR count). The molecule has 4 fully saturated rings. The quantitative estimate of drug-likeness (QED) is 0.779. The Kier molecular flexibility index (Phi) is 3.22. The van der Waals surface area contributed by atoms with Gasteiger partial charge < -0.3 is 10.2 Å². The first-order valence-electron chi connectivity index (χ1n) is 9.53. The lowest BCUT2D eigenvalue weighted by molar-refractivity contribution is -0.199. The van der Waals surface area contributed by atoms with Crippen LogP contribution in [0.4, 0.5) is 0 Å². The van der Waals surface area contributed by atoms with E-state index in [1.54, 1.807) is 0 Å². The van der Waals surface area contributed by atoms with Crippen molar-refractivity contribution in [2.45, 2.75) is 78.2 Å². The van der Waals surface area contributed by atoms with Crippen LogP contribution in [0.2, 0.25) is 0 Å². The fourth-order valence-electron chi connectivity index (χ4n) is 7.76. The molecule has 130 valence electrons. The molecule has 2 N–H and O–H groups in total. The fraction of sp³-hybridized carbons (Fsp3) is 0.950. The topological polar surface area (TPSA) is 57.5 Å². The monoisotopic (exact) mass is 320 g/mol. The Morgan fingerprint density at radius 3 is 2.43 bits per heavy atom. The van der Waals surface area contributed by atoms with Gasteiger partial charge in [-0.15, -0.1) is 0 Å². The van der Waals surface area contributed by atoms with E-state index in [9.17, 15) is 15.0 Å². The predicted octanol–water partition coefficient (Wildman–Crippen LogP) is 3.32. The highest BCUT2D eigenvalue weighted by Crippen LogP contribution is 2.72. The van der Waals surface area contributed by atoms with Crippen LogP contribution in [0.15, 0.2) is 0 Å². The second kappa shape index (κ2) is 4.60. The maximum Gasteiger partial charge on any atom is 0.139 e. The standard InChI is InChI=1S/C20H32O3/c1-17-7-4-14-18(2)8-6-15(22)19(3,12-21)13(18)5-9-20(14,11-17)10-16(17)23/h13-15,21-22H,4-12H2,1-3H3/t13-,14-,15+,17-,18+,19-,20-/m0/s1. The van der Waals surface area contributed by atoms with Crippen LogP contribution < -0.4 is 0 Å². The van der Waals surface area contributed by atoms with Crippen LogP contribution >= 0.6 is 0 Å². The molecule has 1 spiro atoms. The number of fused-ring (bicyclic) bond motifs is 3. The highest BCUT2D eigenvalue weighted by atomic mass is 16.3. The third-order valence-electron chi connectivity index (χ3n) is 9.03. The SMILES string of the molecule is C[C@@]12CC[C@@H]3[C@@](CC[C@@H]4[C@](C)(CO)[C@H](O)CC[C@]43C)(CC1=O)C2. The Labute approximate surface area is 139 Å². The van der Waals surface area contributed by atoms with Crippen LogP contribution in [0.5, 0.6) is 0 Å². The Balaban J connectivity index is 1.75. The van der Waals surface area contributed by atoms with E-state index < -0.39 is 6.10 Å². The van der Waals surface area contributed by atoms with Crippen LogP contribution in [0.1, 0.15) is 72.1 Å². The van der Waals surface area contributed by atoms with Crippen molar-refractivity contribution in [2.75, 3.05) is 6.61 Å². The van der Waals surface area contributed by atoms with Gasteiger partial charge in [-0.05, 0) is 67.6 Å². The van der Waals surface area contributed by atoms with Crippen molar-refractivity contribution in [3.63, 3.8) is 0 Å². The summed E-state index contributed by atoms with van der Waals surface area (Å²) >= 11 is 0. The van der Waals surface area contributed by atoms with E-state index in [-0.39, 0.29) is 28.3 Å². The average Bonchev–Trinajstić information content (AvgIpc) is 2.68. The molecule has 4 aliphatic carbocycles. The maximum atomic E-state index is 12.6. The molecule has 3 nitrogen and oxygen atoms in total. The summed E-state index contributed by atoms with van der Waals surface area (Å²) in [5.41, 5.74) is -0.0545. The molecule has 0 heterocycles. The highest BCUT2D eigenvalue weighted by molar-refractivity contribution is 5.88. The van der Waals surface area contributed by atoms with E-state index >= 15 is 0 Å². The Hall–Kier alpha value is -0.410. The van der Waals surface area contributed by atoms with Crippen LogP contribution in [-0.4, -0.2) is 28.7 Å². The number of carbonyl (C=O) groups is 1. The first-order chi connectivity index (χ1) is 10.7. The van der Waals surface area contributed by atoms with Gasteiger partial charge in [0.25, 0.3) is 0 Å². The van der Waals surface area contributed by atoms with E-state index in [0.29, 0.717) is 17.6 Å². The van der Waals surface area contributed by atoms with Crippen molar-refractivity contribution in [3.8, 4) is 0 Å². The second-order valence-corrected chi connectivity index (χ2v) is 10.1. The van der Waals surface area contributed by atoms with Gasteiger partial charge in [0.05, 0.1) is 12.7 Å².